The highest BCUT2D eigenvalue weighted by Crippen LogP contribution is 2.34. The van der Waals surface area contributed by atoms with Crippen molar-refractivity contribution < 1.29 is 5.11 Å². The van der Waals surface area contributed by atoms with Gasteiger partial charge in [0.2, 0.25) is 0 Å². The van der Waals surface area contributed by atoms with Crippen molar-refractivity contribution >= 4 is 11.3 Å². The topological polar surface area (TPSA) is 56.0 Å². The second-order valence-electron chi connectivity index (χ2n) is 4.47. The SMILES string of the molecule is CC(NC1(CO)CCC1)c1ccc(C#N)s1. The van der Waals surface area contributed by atoms with E-state index in [9.17, 15) is 5.11 Å². The Bertz CT molecular complexity index is 398. The van der Waals surface area contributed by atoms with Gasteiger partial charge in [-0.1, -0.05) is 0 Å². The van der Waals surface area contributed by atoms with E-state index in [0.29, 0.717) is 0 Å². The molecular formula is C12H16N2OS. The first kappa shape index (κ1) is 11.6. The number of hydrogen-bond acceptors (Lipinski definition) is 4. The molecule has 2 rings (SSSR count). The lowest BCUT2D eigenvalue weighted by atomic mass is 9.77. The van der Waals surface area contributed by atoms with Crippen molar-refractivity contribution in [3.05, 3.63) is 21.9 Å². The van der Waals surface area contributed by atoms with Crippen LogP contribution in [0.2, 0.25) is 0 Å². The third-order valence-electron chi connectivity index (χ3n) is 3.30. The monoisotopic (exact) mass is 236 g/mol. The van der Waals surface area contributed by atoms with Gasteiger partial charge < -0.3 is 10.4 Å². The van der Waals surface area contributed by atoms with Gasteiger partial charge in [0.1, 0.15) is 10.9 Å². The van der Waals surface area contributed by atoms with E-state index in [4.69, 9.17) is 5.26 Å². The third-order valence-corrected chi connectivity index (χ3v) is 4.47. The molecule has 0 bridgehead atoms. The summed E-state index contributed by atoms with van der Waals surface area (Å²) in [6.45, 7) is 2.29. The molecule has 0 saturated heterocycles. The van der Waals surface area contributed by atoms with E-state index in [2.05, 4.69) is 18.3 Å². The zero-order valence-electron chi connectivity index (χ0n) is 9.36. The van der Waals surface area contributed by atoms with Crippen molar-refractivity contribution in [2.45, 2.75) is 37.8 Å². The number of hydrogen-bond donors (Lipinski definition) is 2. The average molecular weight is 236 g/mol. The molecule has 16 heavy (non-hydrogen) atoms. The van der Waals surface area contributed by atoms with Gasteiger partial charge in [-0.3, -0.25) is 0 Å². The zero-order valence-corrected chi connectivity index (χ0v) is 10.2. The molecule has 86 valence electrons. The molecule has 2 N–H and O–H groups in total. The Morgan fingerprint density at radius 2 is 2.38 bits per heavy atom. The Labute approximate surface area is 99.7 Å². The van der Waals surface area contributed by atoms with Crippen LogP contribution >= 0.6 is 11.3 Å². The quantitative estimate of drug-likeness (QED) is 0.842. The van der Waals surface area contributed by atoms with Crippen LogP contribution in [-0.2, 0) is 0 Å². The van der Waals surface area contributed by atoms with E-state index >= 15 is 0 Å². The van der Waals surface area contributed by atoms with E-state index in [0.717, 1.165) is 22.6 Å². The van der Waals surface area contributed by atoms with Gasteiger partial charge in [-0.25, -0.2) is 0 Å². The standard InChI is InChI=1S/C12H16N2OS/c1-9(11-4-3-10(7-13)16-11)14-12(8-15)5-2-6-12/h3-4,9,14-15H,2,5-6,8H2,1H3. The van der Waals surface area contributed by atoms with Crippen molar-refractivity contribution in [3.63, 3.8) is 0 Å². The normalized spacial score (nSPS) is 19.8. The lowest BCUT2D eigenvalue weighted by Crippen LogP contribution is -2.54. The second kappa shape index (κ2) is 4.54. The fraction of sp³-hybridized carbons (Fsp3) is 0.583. The molecule has 0 radical (unpaired) electrons. The fourth-order valence-corrected chi connectivity index (χ4v) is 2.94. The van der Waals surface area contributed by atoms with Crippen molar-refractivity contribution in [1.82, 2.24) is 5.32 Å². The summed E-state index contributed by atoms with van der Waals surface area (Å²) in [6, 6.07) is 6.20. The Balaban J connectivity index is 2.02. The van der Waals surface area contributed by atoms with Crippen molar-refractivity contribution in [3.8, 4) is 6.07 Å². The molecular weight excluding hydrogens is 220 g/mol. The smallest absolute Gasteiger partial charge is 0.110 e. The maximum atomic E-state index is 9.37. The predicted molar refractivity (Wildman–Crippen MR) is 64.3 cm³/mol. The van der Waals surface area contributed by atoms with Crippen LogP contribution < -0.4 is 5.32 Å². The summed E-state index contributed by atoms with van der Waals surface area (Å²) in [4.78, 5) is 1.91. The Kier molecular flexibility index (Phi) is 3.29. The van der Waals surface area contributed by atoms with Crippen LogP contribution in [0.25, 0.3) is 0 Å². The highest BCUT2D eigenvalue weighted by molar-refractivity contribution is 7.12. The zero-order chi connectivity index (χ0) is 11.6. The van der Waals surface area contributed by atoms with E-state index in [1.807, 2.05) is 12.1 Å². The van der Waals surface area contributed by atoms with Crippen LogP contribution in [0, 0.1) is 11.3 Å². The summed E-state index contributed by atoms with van der Waals surface area (Å²) in [5.74, 6) is 0. The first-order valence-electron chi connectivity index (χ1n) is 5.57. The summed E-state index contributed by atoms with van der Waals surface area (Å²) in [7, 11) is 0. The van der Waals surface area contributed by atoms with Crippen molar-refractivity contribution in [1.29, 1.82) is 5.26 Å². The van der Waals surface area contributed by atoms with Crippen LogP contribution in [0.15, 0.2) is 12.1 Å². The molecule has 1 unspecified atom stereocenters. The molecule has 1 aromatic heterocycles. The summed E-state index contributed by atoms with van der Waals surface area (Å²) >= 11 is 1.52. The van der Waals surface area contributed by atoms with Crippen LogP contribution in [0.4, 0.5) is 0 Å². The summed E-state index contributed by atoms with van der Waals surface area (Å²) in [5.41, 5.74) is -0.0732. The molecule has 0 spiro atoms. The summed E-state index contributed by atoms with van der Waals surface area (Å²) in [5, 5.41) is 21.6. The lowest BCUT2D eigenvalue weighted by Gasteiger charge is -2.43. The molecule has 1 saturated carbocycles. The van der Waals surface area contributed by atoms with E-state index < -0.39 is 0 Å². The number of aliphatic hydroxyl groups is 1. The fourth-order valence-electron chi connectivity index (χ4n) is 2.13. The number of rotatable bonds is 4. The molecule has 1 heterocycles. The number of nitrogens with zero attached hydrogens (tertiary/aromatic N) is 1. The van der Waals surface area contributed by atoms with E-state index in [1.54, 1.807) is 0 Å². The van der Waals surface area contributed by atoms with Crippen LogP contribution in [-0.4, -0.2) is 17.3 Å². The van der Waals surface area contributed by atoms with Crippen LogP contribution in [0.5, 0.6) is 0 Å². The number of aliphatic hydroxyl groups excluding tert-OH is 1. The molecule has 1 atom stereocenters. The van der Waals surface area contributed by atoms with Gasteiger partial charge >= 0.3 is 0 Å². The van der Waals surface area contributed by atoms with Gasteiger partial charge in [-0.05, 0) is 38.3 Å². The average Bonchev–Trinajstić information content (AvgIpc) is 2.71. The Morgan fingerprint density at radius 3 is 2.81 bits per heavy atom. The Morgan fingerprint density at radius 1 is 1.62 bits per heavy atom. The van der Waals surface area contributed by atoms with E-state index in [1.165, 1.54) is 17.8 Å². The largest absolute Gasteiger partial charge is 0.394 e. The van der Waals surface area contributed by atoms with Gasteiger partial charge in [-0.15, -0.1) is 11.3 Å². The molecule has 1 aromatic rings. The van der Waals surface area contributed by atoms with Crippen molar-refractivity contribution in [2.75, 3.05) is 6.61 Å². The second-order valence-corrected chi connectivity index (χ2v) is 5.59. The molecule has 1 aliphatic rings. The molecule has 1 aliphatic carbocycles. The third kappa shape index (κ3) is 2.12. The summed E-state index contributed by atoms with van der Waals surface area (Å²) < 4.78 is 0. The molecule has 0 amide bonds. The predicted octanol–water partition coefficient (Wildman–Crippen LogP) is 2.19. The highest BCUT2D eigenvalue weighted by atomic mass is 32.1. The maximum Gasteiger partial charge on any atom is 0.110 e. The lowest BCUT2D eigenvalue weighted by molar-refractivity contribution is 0.0791. The van der Waals surface area contributed by atoms with Crippen LogP contribution in [0.1, 0.15) is 42.0 Å². The van der Waals surface area contributed by atoms with Gasteiger partial charge in [0, 0.05) is 16.5 Å². The highest BCUT2D eigenvalue weighted by Gasteiger charge is 2.37. The maximum absolute atomic E-state index is 9.37. The van der Waals surface area contributed by atoms with Crippen LogP contribution in [0.3, 0.4) is 0 Å². The van der Waals surface area contributed by atoms with Gasteiger partial charge in [0.25, 0.3) is 0 Å². The number of thiophene rings is 1. The number of nitrogens with one attached hydrogen (secondary N) is 1. The summed E-state index contributed by atoms with van der Waals surface area (Å²) in [6.07, 6.45) is 3.28. The minimum absolute atomic E-state index is 0.0732. The minimum Gasteiger partial charge on any atom is -0.394 e. The molecule has 4 heteroatoms. The number of nitriles is 1. The first-order chi connectivity index (χ1) is 7.69. The Hall–Kier alpha value is -0.890. The van der Waals surface area contributed by atoms with Gasteiger partial charge in [0.15, 0.2) is 0 Å². The van der Waals surface area contributed by atoms with Gasteiger partial charge in [-0.2, -0.15) is 5.26 Å². The van der Waals surface area contributed by atoms with Crippen molar-refractivity contribution in [2.24, 2.45) is 0 Å². The molecule has 0 aromatic carbocycles. The van der Waals surface area contributed by atoms with E-state index in [-0.39, 0.29) is 18.2 Å². The minimum atomic E-state index is -0.0732. The first-order valence-corrected chi connectivity index (χ1v) is 6.39. The molecule has 1 fully saturated rings. The molecule has 0 aliphatic heterocycles. The van der Waals surface area contributed by atoms with Gasteiger partial charge in [0.05, 0.1) is 6.61 Å². The molecule has 3 nitrogen and oxygen atoms in total.